The summed E-state index contributed by atoms with van der Waals surface area (Å²) in [5.41, 5.74) is 11.3. The molecule has 0 radical (unpaired) electrons. The van der Waals surface area contributed by atoms with Gasteiger partial charge in [-0.25, -0.2) is 9.97 Å². The second kappa shape index (κ2) is 9.63. The fourth-order valence-corrected chi connectivity index (χ4v) is 6.12. The molecule has 4 aromatic carbocycles. The monoisotopic (exact) mass is 535 g/mol. The van der Waals surface area contributed by atoms with Gasteiger partial charge in [-0.3, -0.25) is 9.13 Å². The van der Waals surface area contributed by atoms with Gasteiger partial charge in [0.2, 0.25) is 0 Å². The molecule has 0 aliphatic carbocycles. The smallest absolute Gasteiger partial charge is 0.145 e. The van der Waals surface area contributed by atoms with Crippen LogP contribution in [0, 0.1) is 27.7 Å². The van der Waals surface area contributed by atoms with Crippen LogP contribution < -0.4 is 0 Å². The highest BCUT2D eigenvalue weighted by Gasteiger charge is 2.19. The van der Waals surface area contributed by atoms with Crippen molar-refractivity contribution in [2.24, 2.45) is 0 Å². The zero-order chi connectivity index (χ0) is 28.2. The number of rotatable bonds is 5. The topological polar surface area (TPSA) is 40.6 Å². The Balaban J connectivity index is 1.46. The van der Waals surface area contributed by atoms with E-state index in [0.29, 0.717) is 0 Å². The predicted molar refractivity (Wildman–Crippen MR) is 169 cm³/mol. The maximum absolute atomic E-state index is 5.04. The second-order valence-corrected chi connectivity index (χ2v) is 10.8. The van der Waals surface area contributed by atoms with E-state index in [1.807, 2.05) is 0 Å². The fourth-order valence-electron chi connectivity index (χ4n) is 6.12. The lowest BCUT2D eigenvalue weighted by Crippen LogP contribution is -1.99. The number of para-hydroxylation sites is 2. The van der Waals surface area contributed by atoms with E-state index in [1.54, 1.807) is 0 Å². The summed E-state index contributed by atoms with van der Waals surface area (Å²) in [5, 5.41) is 2.45. The van der Waals surface area contributed by atoms with E-state index in [1.165, 1.54) is 21.8 Å². The maximum Gasteiger partial charge on any atom is 0.145 e. The van der Waals surface area contributed by atoms with Crippen molar-refractivity contribution in [2.75, 3.05) is 0 Å². The average molecular weight is 536 g/mol. The fraction of sp³-hybridized carbons (Fsp3) is 0.167. The van der Waals surface area contributed by atoms with Gasteiger partial charge in [0, 0.05) is 62.2 Å². The Morgan fingerprint density at radius 2 is 0.951 bits per heavy atom. The molecular formula is C36H33N5. The molecule has 5 nitrogen and oxygen atoms in total. The largest absolute Gasteiger partial charge is 0.341 e. The average Bonchev–Trinajstić information content (AvgIpc) is 3.60. The lowest BCUT2D eigenvalue weighted by Gasteiger charge is -2.11. The molecule has 0 unspecified atom stereocenters. The molecule has 0 saturated heterocycles. The Morgan fingerprint density at radius 3 is 1.34 bits per heavy atom. The molecule has 0 aliphatic heterocycles. The van der Waals surface area contributed by atoms with Gasteiger partial charge in [0.25, 0.3) is 0 Å². The minimum atomic E-state index is 0.895. The number of nitrogens with zero attached hydrogens (tertiary/aromatic N) is 5. The first-order valence-corrected chi connectivity index (χ1v) is 14.3. The predicted octanol–water partition coefficient (Wildman–Crippen LogP) is 8.75. The van der Waals surface area contributed by atoms with Crippen LogP contribution >= 0.6 is 0 Å². The minimum Gasteiger partial charge on any atom is -0.341 e. The van der Waals surface area contributed by atoms with Gasteiger partial charge >= 0.3 is 0 Å². The quantitative estimate of drug-likeness (QED) is 0.221. The molecule has 0 atom stereocenters. The first-order chi connectivity index (χ1) is 20.0. The van der Waals surface area contributed by atoms with Crippen molar-refractivity contribution in [1.82, 2.24) is 23.7 Å². The summed E-state index contributed by atoms with van der Waals surface area (Å²) in [6.07, 6.45) is 0. The zero-order valence-corrected chi connectivity index (χ0v) is 24.2. The minimum absolute atomic E-state index is 0.895. The van der Waals surface area contributed by atoms with Crippen molar-refractivity contribution < 1.29 is 0 Å². The molecule has 7 rings (SSSR count). The standard InChI is InChI=1S/C36H33N5/c1-6-39-33-19-17-27(35-37-23(2)25(4)40(35)29-13-9-7-10-14-29)21-31(33)32-22-28(18-20-34(32)39)36-38-24(3)26(5)41(36)30-15-11-8-12-16-30/h7-22H,6H2,1-5H3. The second-order valence-electron chi connectivity index (χ2n) is 10.8. The van der Waals surface area contributed by atoms with E-state index in [2.05, 4.69) is 145 Å². The van der Waals surface area contributed by atoms with E-state index >= 15 is 0 Å². The molecule has 0 fully saturated rings. The molecular weight excluding hydrogens is 502 g/mol. The van der Waals surface area contributed by atoms with Gasteiger partial charge in [0.1, 0.15) is 11.6 Å². The number of aromatic nitrogens is 5. The summed E-state index contributed by atoms with van der Waals surface area (Å²) in [6, 6.07) is 34.6. The summed E-state index contributed by atoms with van der Waals surface area (Å²) >= 11 is 0. The first kappa shape index (κ1) is 25.1. The summed E-state index contributed by atoms with van der Waals surface area (Å²) in [7, 11) is 0. The highest BCUT2D eigenvalue weighted by Crippen LogP contribution is 2.37. The Labute approximate surface area is 240 Å². The number of hydrogen-bond acceptors (Lipinski definition) is 2. The van der Waals surface area contributed by atoms with E-state index in [-0.39, 0.29) is 0 Å². The normalized spacial score (nSPS) is 11.6. The van der Waals surface area contributed by atoms with Crippen molar-refractivity contribution in [1.29, 1.82) is 0 Å². The van der Waals surface area contributed by atoms with E-state index in [0.717, 1.165) is 63.5 Å². The van der Waals surface area contributed by atoms with Crippen LogP contribution in [0.2, 0.25) is 0 Å². The van der Waals surface area contributed by atoms with Crippen LogP contribution in [0.25, 0.3) is 56.0 Å². The number of imidazole rings is 2. The van der Waals surface area contributed by atoms with Crippen LogP contribution in [0.15, 0.2) is 97.1 Å². The molecule has 5 heteroatoms. The van der Waals surface area contributed by atoms with E-state index in [9.17, 15) is 0 Å². The van der Waals surface area contributed by atoms with Crippen molar-refractivity contribution >= 4 is 21.8 Å². The Hall–Kier alpha value is -4.90. The van der Waals surface area contributed by atoms with Gasteiger partial charge in [-0.15, -0.1) is 0 Å². The third kappa shape index (κ3) is 3.92. The van der Waals surface area contributed by atoms with Gasteiger partial charge in [-0.05, 0) is 95.3 Å². The molecule has 41 heavy (non-hydrogen) atoms. The van der Waals surface area contributed by atoms with Gasteiger partial charge in [0.05, 0.1) is 11.4 Å². The molecule has 0 saturated carbocycles. The molecule has 0 N–H and O–H groups in total. The summed E-state index contributed by atoms with van der Waals surface area (Å²) < 4.78 is 6.94. The van der Waals surface area contributed by atoms with Gasteiger partial charge in [-0.2, -0.15) is 0 Å². The van der Waals surface area contributed by atoms with Gasteiger partial charge < -0.3 is 4.57 Å². The van der Waals surface area contributed by atoms with Crippen LogP contribution in [0.4, 0.5) is 0 Å². The molecule has 7 aromatic rings. The van der Waals surface area contributed by atoms with E-state index in [4.69, 9.17) is 9.97 Å². The van der Waals surface area contributed by atoms with Crippen LogP contribution in [0.1, 0.15) is 29.7 Å². The molecule has 3 heterocycles. The van der Waals surface area contributed by atoms with Crippen LogP contribution in [-0.2, 0) is 6.54 Å². The maximum atomic E-state index is 5.04. The van der Waals surface area contributed by atoms with Crippen molar-refractivity contribution in [3.8, 4) is 34.2 Å². The van der Waals surface area contributed by atoms with Crippen LogP contribution in [0.5, 0.6) is 0 Å². The number of benzene rings is 4. The van der Waals surface area contributed by atoms with Crippen molar-refractivity contribution in [2.45, 2.75) is 41.2 Å². The van der Waals surface area contributed by atoms with Gasteiger partial charge in [-0.1, -0.05) is 36.4 Å². The first-order valence-electron chi connectivity index (χ1n) is 14.3. The molecule has 3 aromatic heterocycles. The Morgan fingerprint density at radius 1 is 0.537 bits per heavy atom. The van der Waals surface area contributed by atoms with Crippen LogP contribution in [-0.4, -0.2) is 23.7 Å². The summed E-state index contributed by atoms with van der Waals surface area (Å²) in [5.74, 6) is 1.93. The highest BCUT2D eigenvalue weighted by molar-refractivity contribution is 6.10. The molecule has 202 valence electrons. The molecule has 0 bridgehead atoms. The molecule has 0 amide bonds. The number of hydrogen-bond donors (Lipinski definition) is 0. The van der Waals surface area contributed by atoms with Crippen molar-refractivity contribution in [3.63, 3.8) is 0 Å². The Bertz CT molecular complexity index is 1910. The van der Waals surface area contributed by atoms with E-state index < -0.39 is 0 Å². The van der Waals surface area contributed by atoms with Gasteiger partial charge in [0.15, 0.2) is 0 Å². The third-order valence-corrected chi connectivity index (χ3v) is 8.42. The zero-order valence-electron chi connectivity index (χ0n) is 24.2. The SMILES string of the molecule is CCn1c2ccc(-c3nc(C)c(C)n3-c3ccccc3)cc2c2cc(-c3nc(C)c(C)n3-c3ccccc3)ccc21. The lowest BCUT2D eigenvalue weighted by molar-refractivity contribution is 0.827. The summed E-state index contributed by atoms with van der Waals surface area (Å²) in [6.45, 7) is 11.6. The summed E-state index contributed by atoms with van der Waals surface area (Å²) in [4.78, 5) is 10.1. The molecule has 0 aliphatic rings. The lowest BCUT2D eigenvalue weighted by atomic mass is 10.1. The third-order valence-electron chi connectivity index (χ3n) is 8.42. The number of aryl methyl sites for hydroxylation is 3. The Kier molecular flexibility index (Phi) is 5.89. The van der Waals surface area contributed by atoms with Crippen molar-refractivity contribution in [3.05, 3.63) is 120 Å². The molecule has 0 spiro atoms. The van der Waals surface area contributed by atoms with Crippen LogP contribution in [0.3, 0.4) is 0 Å². The highest BCUT2D eigenvalue weighted by atomic mass is 15.1. The number of fused-ring (bicyclic) bond motifs is 3.